The van der Waals surface area contributed by atoms with E-state index >= 15 is 0 Å². The summed E-state index contributed by atoms with van der Waals surface area (Å²) in [5.74, 6) is 1.43. The van der Waals surface area contributed by atoms with Crippen molar-refractivity contribution < 1.29 is 0 Å². The normalized spacial score (nSPS) is 22.3. The Morgan fingerprint density at radius 2 is 1.74 bits per heavy atom. The summed E-state index contributed by atoms with van der Waals surface area (Å²) in [6.07, 6.45) is 6.68. The Morgan fingerprint density at radius 1 is 0.963 bits per heavy atom. The number of hydrogen-bond donors (Lipinski definition) is 0. The molecule has 2 atom stereocenters. The van der Waals surface area contributed by atoms with Crippen molar-refractivity contribution in [1.29, 1.82) is 0 Å². The molecule has 0 amide bonds. The smallest absolute Gasteiger partial charge is 0.0369 e. The molecule has 2 heteroatoms. The van der Waals surface area contributed by atoms with Gasteiger partial charge in [-0.15, -0.1) is 0 Å². The molecule has 1 aliphatic carbocycles. The van der Waals surface area contributed by atoms with Crippen LogP contribution in [0.4, 0.5) is 5.69 Å². The second-order valence-corrected chi connectivity index (χ2v) is 8.71. The molecule has 1 heterocycles. The van der Waals surface area contributed by atoms with E-state index < -0.39 is 0 Å². The maximum absolute atomic E-state index is 2.59. The molecule has 0 spiro atoms. The molecule has 0 N–H and O–H groups in total. The Labute approximate surface area is 165 Å². The lowest BCUT2D eigenvalue weighted by Gasteiger charge is -2.29. The van der Waals surface area contributed by atoms with Crippen LogP contribution in [0.3, 0.4) is 0 Å². The summed E-state index contributed by atoms with van der Waals surface area (Å²) < 4.78 is 0. The molecule has 1 aliphatic heterocycles. The van der Waals surface area contributed by atoms with Crippen molar-refractivity contribution in [2.45, 2.75) is 57.4 Å². The molecule has 27 heavy (non-hydrogen) atoms. The Morgan fingerprint density at radius 3 is 2.52 bits per heavy atom. The molecule has 1 fully saturated rings. The number of anilines is 1. The first kappa shape index (κ1) is 18.6. The average Bonchev–Trinajstić information content (AvgIpc) is 3.03. The lowest BCUT2D eigenvalue weighted by Crippen LogP contribution is -2.29. The molecule has 0 unspecified atom stereocenters. The molecule has 2 nitrogen and oxygen atoms in total. The van der Waals surface area contributed by atoms with Gasteiger partial charge in [0.1, 0.15) is 0 Å². The molecule has 2 aromatic rings. The fourth-order valence-electron chi connectivity index (χ4n) is 5.01. The highest BCUT2D eigenvalue weighted by Crippen LogP contribution is 2.44. The molecule has 1 saturated heterocycles. The van der Waals surface area contributed by atoms with Gasteiger partial charge in [-0.25, -0.2) is 0 Å². The Hall–Kier alpha value is -1.80. The largest absolute Gasteiger partial charge is 0.372 e. The van der Waals surface area contributed by atoms with E-state index in [4.69, 9.17) is 0 Å². The van der Waals surface area contributed by atoms with Gasteiger partial charge in [0.25, 0.3) is 0 Å². The van der Waals surface area contributed by atoms with E-state index in [2.05, 4.69) is 72.3 Å². The van der Waals surface area contributed by atoms with Gasteiger partial charge in [-0.05, 0) is 86.4 Å². The van der Waals surface area contributed by atoms with Gasteiger partial charge in [-0.1, -0.05) is 43.3 Å². The molecule has 0 aromatic heterocycles. The van der Waals surface area contributed by atoms with Crippen LogP contribution in [0.1, 0.15) is 67.6 Å². The Balaban J connectivity index is 1.38. The SMILES string of the molecule is C[C@@H]1C[C@@H](CCN(C)Cc2ccccc2)c2ccc(N3CCCCC3)cc21. The van der Waals surface area contributed by atoms with E-state index in [9.17, 15) is 0 Å². The van der Waals surface area contributed by atoms with Crippen LogP contribution < -0.4 is 4.90 Å². The molecule has 0 saturated carbocycles. The van der Waals surface area contributed by atoms with E-state index in [-0.39, 0.29) is 0 Å². The molecular formula is C25H34N2. The van der Waals surface area contributed by atoms with Gasteiger partial charge < -0.3 is 9.80 Å². The van der Waals surface area contributed by atoms with Gasteiger partial charge in [0.15, 0.2) is 0 Å². The minimum atomic E-state index is 0.703. The molecule has 144 valence electrons. The molecule has 0 bridgehead atoms. The zero-order valence-electron chi connectivity index (χ0n) is 17.0. The third-order valence-corrected chi connectivity index (χ3v) is 6.55. The summed E-state index contributed by atoms with van der Waals surface area (Å²) in [4.78, 5) is 5.07. The minimum absolute atomic E-state index is 0.703. The van der Waals surface area contributed by atoms with E-state index in [1.54, 1.807) is 11.1 Å². The van der Waals surface area contributed by atoms with Crippen LogP contribution in [0, 0.1) is 0 Å². The minimum Gasteiger partial charge on any atom is -0.372 e. The number of piperidine rings is 1. The van der Waals surface area contributed by atoms with Crippen molar-refractivity contribution in [3.8, 4) is 0 Å². The van der Waals surface area contributed by atoms with Crippen molar-refractivity contribution in [2.75, 3.05) is 31.6 Å². The van der Waals surface area contributed by atoms with Gasteiger partial charge in [-0.2, -0.15) is 0 Å². The maximum atomic E-state index is 2.59. The number of benzene rings is 2. The highest BCUT2D eigenvalue weighted by molar-refractivity contribution is 5.54. The zero-order chi connectivity index (χ0) is 18.6. The van der Waals surface area contributed by atoms with Gasteiger partial charge >= 0.3 is 0 Å². The van der Waals surface area contributed by atoms with Crippen LogP contribution >= 0.6 is 0 Å². The lowest BCUT2D eigenvalue weighted by molar-refractivity contribution is 0.309. The van der Waals surface area contributed by atoms with Crippen LogP contribution in [-0.4, -0.2) is 31.6 Å². The Kier molecular flexibility index (Phi) is 5.83. The second-order valence-electron chi connectivity index (χ2n) is 8.71. The quantitative estimate of drug-likeness (QED) is 0.642. The van der Waals surface area contributed by atoms with E-state index in [0.29, 0.717) is 5.92 Å². The van der Waals surface area contributed by atoms with Crippen molar-refractivity contribution in [3.63, 3.8) is 0 Å². The monoisotopic (exact) mass is 362 g/mol. The lowest BCUT2D eigenvalue weighted by atomic mass is 9.97. The highest BCUT2D eigenvalue weighted by atomic mass is 15.1. The molecule has 2 aromatic carbocycles. The van der Waals surface area contributed by atoms with Gasteiger partial charge in [0.05, 0.1) is 0 Å². The van der Waals surface area contributed by atoms with E-state index in [1.807, 2.05) is 0 Å². The first-order valence-corrected chi connectivity index (χ1v) is 10.8. The first-order chi connectivity index (χ1) is 13.2. The number of fused-ring (bicyclic) bond motifs is 1. The predicted molar refractivity (Wildman–Crippen MR) is 116 cm³/mol. The third kappa shape index (κ3) is 4.38. The first-order valence-electron chi connectivity index (χ1n) is 10.8. The standard InChI is InChI=1S/C25H34N2/c1-20-17-22(13-16-26(2)19-21-9-5-3-6-10-21)24-12-11-23(18-25(20)24)27-14-7-4-8-15-27/h3,5-6,9-12,18,20,22H,4,7-8,13-17,19H2,1-2H3/t20-,22-/m1/s1. The van der Waals surface area contributed by atoms with Crippen LogP contribution in [0.25, 0.3) is 0 Å². The summed E-state index contributed by atoms with van der Waals surface area (Å²) in [5, 5.41) is 0. The zero-order valence-corrected chi connectivity index (χ0v) is 17.0. The molecular weight excluding hydrogens is 328 g/mol. The van der Waals surface area contributed by atoms with Crippen LogP contribution in [0.5, 0.6) is 0 Å². The van der Waals surface area contributed by atoms with Crippen LogP contribution in [0.2, 0.25) is 0 Å². The number of rotatable bonds is 6. The molecule has 2 aliphatic rings. The van der Waals surface area contributed by atoms with Crippen molar-refractivity contribution in [3.05, 3.63) is 65.2 Å². The molecule has 4 rings (SSSR count). The van der Waals surface area contributed by atoms with Crippen LogP contribution in [0.15, 0.2) is 48.5 Å². The van der Waals surface area contributed by atoms with E-state index in [1.165, 1.54) is 63.0 Å². The summed E-state index contributed by atoms with van der Waals surface area (Å²) in [6.45, 7) is 7.11. The fraction of sp³-hybridized carbons (Fsp3) is 0.520. The van der Waals surface area contributed by atoms with E-state index in [0.717, 1.165) is 12.5 Å². The summed E-state index contributed by atoms with van der Waals surface area (Å²) in [6, 6.07) is 18.2. The third-order valence-electron chi connectivity index (χ3n) is 6.55. The summed E-state index contributed by atoms with van der Waals surface area (Å²) in [5.41, 5.74) is 6.11. The average molecular weight is 363 g/mol. The number of hydrogen-bond acceptors (Lipinski definition) is 2. The maximum Gasteiger partial charge on any atom is 0.0369 e. The van der Waals surface area contributed by atoms with Crippen molar-refractivity contribution in [2.24, 2.45) is 0 Å². The Bertz CT molecular complexity index is 733. The summed E-state index contributed by atoms with van der Waals surface area (Å²) >= 11 is 0. The van der Waals surface area contributed by atoms with Crippen molar-refractivity contribution >= 4 is 5.69 Å². The highest BCUT2D eigenvalue weighted by Gasteiger charge is 2.29. The topological polar surface area (TPSA) is 6.48 Å². The fourth-order valence-corrected chi connectivity index (χ4v) is 5.01. The summed E-state index contributed by atoms with van der Waals surface area (Å²) in [7, 11) is 2.26. The van der Waals surface area contributed by atoms with Gasteiger partial charge in [-0.3, -0.25) is 0 Å². The van der Waals surface area contributed by atoms with Crippen LogP contribution in [-0.2, 0) is 6.54 Å². The van der Waals surface area contributed by atoms with Gasteiger partial charge in [0.2, 0.25) is 0 Å². The number of nitrogens with zero attached hydrogens (tertiary/aromatic N) is 2. The van der Waals surface area contributed by atoms with Gasteiger partial charge in [0, 0.05) is 25.3 Å². The second kappa shape index (κ2) is 8.48. The van der Waals surface area contributed by atoms with Crippen molar-refractivity contribution in [1.82, 2.24) is 4.90 Å². The molecule has 0 radical (unpaired) electrons. The predicted octanol–water partition coefficient (Wildman–Crippen LogP) is 5.79.